The van der Waals surface area contributed by atoms with Crippen molar-refractivity contribution in [2.24, 2.45) is 0 Å². The van der Waals surface area contributed by atoms with Crippen LogP contribution in [0.25, 0.3) is 67.3 Å². The lowest BCUT2D eigenvalue weighted by atomic mass is 9.90. The van der Waals surface area contributed by atoms with E-state index in [1.165, 1.54) is 16.7 Å². The van der Waals surface area contributed by atoms with Gasteiger partial charge >= 0.3 is 0 Å². The van der Waals surface area contributed by atoms with Gasteiger partial charge in [-0.15, -0.1) is 0 Å². The molecule has 3 atom stereocenters. The first-order valence-electron chi connectivity index (χ1n) is 33.9. The van der Waals surface area contributed by atoms with Crippen LogP contribution in [0.2, 0.25) is 0 Å². The summed E-state index contributed by atoms with van der Waals surface area (Å²) in [5, 5.41) is 29.2. The number of benzene rings is 3. The monoisotopic (exact) mass is 1280 g/mol. The van der Waals surface area contributed by atoms with Crippen molar-refractivity contribution in [1.29, 1.82) is 0 Å². The topological polar surface area (TPSA) is 240 Å². The van der Waals surface area contributed by atoms with Crippen LogP contribution in [0.15, 0.2) is 165 Å². The molecule has 1 unspecified atom stereocenters. The van der Waals surface area contributed by atoms with E-state index >= 15 is 0 Å². The Morgan fingerprint density at radius 2 is 0.573 bits per heavy atom. The number of aromatic nitrogens is 15. The van der Waals surface area contributed by atoms with Gasteiger partial charge in [-0.05, 0) is 132 Å². The third-order valence-corrected chi connectivity index (χ3v) is 20.9. The lowest BCUT2D eigenvalue weighted by molar-refractivity contribution is 0.144. The molecule has 6 aliphatic rings. The maximum atomic E-state index is 9.73. The molecule has 0 aliphatic carbocycles. The number of hydrogen-bond acceptors (Lipinski definition) is 18. The van der Waals surface area contributed by atoms with Gasteiger partial charge in [0, 0.05) is 112 Å². The van der Waals surface area contributed by atoms with E-state index < -0.39 is 0 Å². The van der Waals surface area contributed by atoms with Gasteiger partial charge in [0.2, 0.25) is 17.8 Å². The van der Waals surface area contributed by atoms with Gasteiger partial charge in [-0.25, -0.2) is 59.8 Å². The zero-order chi connectivity index (χ0) is 65.1. The number of aliphatic hydroxyl groups is 3. The summed E-state index contributed by atoms with van der Waals surface area (Å²) < 4.78 is 6.94. The molecule has 0 radical (unpaired) electrons. The number of anilines is 3. The molecule has 9 aromatic heterocycles. The zero-order valence-corrected chi connectivity index (χ0v) is 54.4. The van der Waals surface area contributed by atoms with Crippen molar-refractivity contribution >= 4 is 51.3 Å². The zero-order valence-electron chi connectivity index (χ0n) is 54.4. The summed E-state index contributed by atoms with van der Waals surface area (Å²) in [7, 11) is 0. The molecule has 3 fully saturated rings. The van der Waals surface area contributed by atoms with Gasteiger partial charge in [0.05, 0.1) is 52.0 Å². The molecule has 0 bridgehead atoms. The average Bonchev–Trinajstić information content (AvgIpc) is 1.59. The van der Waals surface area contributed by atoms with Crippen molar-refractivity contribution in [3.63, 3.8) is 0 Å². The maximum Gasteiger partial charge on any atom is 0.225 e. The molecule has 0 spiro atoms. The predicted octanol–water partition coefficient (Wildman–Crippen LogP) is 10.7. The van der Waals surface area contributed by atoms with Crippen LogP contribution >= 0.6 is 0 Å². The van der Waals surface area contributed by atoms with E-state index in [0.717, 1.165) is 201 Å². The van der Waals surface area contributed by atoms with E-state index in [9.17, 15) is 15.3 Å². The van der Waals surface area contributed by atoms with Gasteiger partial charge in [-0.2, -0.15) is 0 Å². The van der Waals surface area contributed by atoms with Crippen molar-refractivity contribution < 1.29 is 15.3 Å². The number of nitrogens with zero attached hydrogens (tertiary/aromatic N) is 18. The minimum atomic E-state index is -0.208. The van der Waals surface area contributed by atoms with Gasteiger partial charge in [0.15, 0.2) is 16.9 Å². The normalized spacial score (nSPS) is 21.2. The second kappa shape index (κ2) is 25.0. The van der Waals surface area contributed by atoms with E-state index in [1.807, 2.05) is 73.6 Å². The lowest BCUT2D eigenvalue weighted by Gasteiger charge is -2.29. The minimum Gasteiger partial charge on any atom is -0.393 e. The maximum absolute atomic E-state index is 9.73. The Labute approximate surface area is 556 Å². The van der Waals surface area contributed by atoms with Crippen LogP contribution < -0.4 is 14.7 Å². The van der Waals surface area contributed by atoms with Crippen LogP contribution in [0.5, 0.6) is 0 Å². The summed E-state index contributed by atoms with van der Waals surface area (Å²) in [6.07, 6.45) is 20.9. The predicted molar refractivity (Wildman–Crippen MR) is 371 cm³/mol. The van der Waals surface area contributed by atoms with Crippen LogP contribution in [0.3, 0.4) is 0 Å². The molecule has 15 heterocycles. The highest BCUT2D eigenvalue weighted by Crippen LogP contribution is 2.44. The Morgan fingerprint density at radius 3 is 0.823 bits per heavy atom. The molecule has 486 valence electrons. The second-order valence-electron chi connectivity index (χ2n) is 27.1. The third kappa shape index (κ3) is 11.2. The van der Waals surface area contributed by atoms with Crippen molar-refractivity contribution in [2.45, 2.75) is 133 Å². The molecule has 0 saturated carbocycles. The van der Waals surface area contributed by atoms with Crippen molar-refractivity contribution in [1.82, 2.24) is 73.5 Å². The Hall–Kier alpha value is -9.96. The first kappa shape index (κ1) is 60.9. The lowest BCUT2D eigenvalue weighted by Crippen LogP contribution is -2.36. The number of imidazole rings is 3. The van der Waals surface area contributed by atoms with E-state index in [-0.39, 0.29) is 34.9 Å². The van der Waals surface area contributed by atoms with Crippen LogP contribution in [-0.2, 0) is 35.9 Å². The van der Waals surface area contributed by atoms with Crippen molar-refractivity contribution in [2.75, 3.05) is 54.0 Å². The smallest absolute Gasteiger partial charge is 0.225 e. The molecule has 12 aromatic rings. The third-order valence-electron chi connectivity index (χ3n) is 20.9. The van der Waals surface area contributed by atoms with E-state index in [2.05, 4.69) is 170 Å². The fourth-order valence-electron chi connectivity index (χ4n) is 15.2. The molecule has 96 heavy (non-hydrogen) atoms. The van der Waals surface area contributed by atoms with Gasteiger partial charge in [-0.1, -0.05) is 91.0 Å². The van der Waals surface area contributed by atoms with Crippen molar-refractivity contribution in [3.05, 3.63) is 199 Å². The minimum absolute atomic E-state index is 0.157. The number of pyridine rings is 3. The molecule has 3 saturated heterocycles. The number of aryl methyl sites for hydroxylation is 3. The number of piperidine rings is 3. The standard InChI is InChI=1S/3C25H26N6O/c3*1-25(18-5-3-2-4-6-18)12-9-22-28-21-8-7-20(29-23(21)31(22)25)17-15-26-24(27-16-17)30-13-10-19(32)11-14-30/h3*2-8,15-16,19,32H,9-14H2,1H3/t2*25-;/m10./s1. The summed E-state index contributed by atoms with van der Waals surface area (Å²) in [5.74, 6) is 5.41. The molecule has 21 heteroatoms. The molecule has 3 aromatic carbocycles. The first-order chi connectivity index (χ1) is 46.8. The Kier molecular flexibility index (Phi) is 15.9. The van der Waals surface area contributed by atoms with E-state index in [0.29, 0.717) is 17.8 Å². The quantitative estimate of drug-likeness (QED) is 0.122. The summed E-state index contributed by atoms with van der Waals surface area (Å²) in [4.78, 5) is 63.6. The van der Waals surface area contributed by atoms with Gasteiger partial charge < -0.3 is 43.7 Å². The molecule has 18 rings (SSSR count). The molecule has 0 amide bonds. The summed E-state index contributed by atoms with van der Waals surface area (Å²) in [6.45, 7) is 11.5. The largest absolute Gasteiger partial charge is 0.393 e. The molecule has 6 aliphatic heterocycles. The number of fused-ring (bicyclic) bond motifs is 9. The van der Waals surface area contributed by atoms with Crippen LogP contribution in [0, 0.1) is 0 Å². The van der Waals surface area contributed by atoms with Crippen LogP contribution in [0.1, 0.15) is 113 Å². The number of rotatable bonds is 9. The summed E-state index contributed by atoms with van der Waals surface area (Å²) in [6, 6.07) is 44.0. The second-order valence-corrected chi connectivity index (χ2v) is 27.1. The average molecular weight is 1280 g/mol. The summed E-state index contributed by atoms with van der Waals surface area (Å²) >= 11 is 0. The Balaban J connectivity index is 0.000000113. The first-order valence-corrected chi connectivity index (χ1v) is 33.9. The van der Waals surface area contributed by atoms with Crippen LogP contribution in [0.4, 0.5) is 17.8 Å². The molecule has 3 N–H and O–H groups in total. The van der Waals surface area contributed by atoms with E-state index in [1.54, 1.807) is 0 Å². The van der Waals surface area contributed by atoms with Gasteiger partial charge in [-0.3, -0.25) is 0 Å². The highest BCUT2D eigenvalue weighted by Gasteiger charge is 2.41. The van der Waals surface area contributed by atoms with Crippen LogP contribution in [-0.4, -0.2) is 146 Å². The fourth-order valence-corrected chi connectivity index (χ4v) is 15.2. The molecular formula is C75H78N18O3. The van der Waals surface area contributed by atoms with E-state index in [4.69, 9.17) is 29.9 Å². The molecule has 21 nitrogen and oxygen atoms in total. The fraction of sp³-hybridized carbons (Fsp3) is 0.360. The SMILES string of the molecule is CC1(c2ccccc2)CCc2nc3ccc(-c4cnc(N5CCC(O)CC5)nc4)nc3n21.C[C@@]1(c2ccccc2)CCc2nc3ccc(-c4cnc(N5CCC(O)CC5)nc4)nc3n21.C[C@]1(c2ccccc2)CCc2nc3ccc(-c4cnc(N5CCC(O)CC5)nc4)nc3n21. The number of hydrogen-bond donors (Lipinski definition) is 3. The molecular weight excluding hydrogens is 1200 g/mol. The van der Waals surface area contributed by atoms with Gasteiger partial charge in [0.25, 0.3) is 0 Å². The highest BCUT2D eigenvalue weighted by molar-refractivity contribution is 5.79. The number of aliphatic hydroxyl groups excluding tert-OH is 3. The summed E-state index contributed by atoms with van der Waals surface area (Å²) in [5.41, 5.74) is 14.1. The van der Waals surface area contributed by atoms with Gasteiger partial charge in [0.1, 0.15) is 34.0 Å². The highest BCUT2D eigenvalue weighted by atomic mass is 16.3. The van der Waals surface area contributed by atoms with Crippen molar-refractivity contribution in [3.8, 4) is 33.8 Å². The Morgan fingerprint density at radius 1 is 0.323 bits per heavy atom. The Bertz CT molecular complexity index is 4260.